The normalized spacial score (nSPS) is 17.9. The highest BCUT2D eigenvalue weighted by Gasteiger charge is 2.35. The highest BCUT2D eigenvalue weighted by atomic mass is 16.3. The highest BCUT2D eigenvalue weighted by Crippen LogP contribution is 2.33. The van der Waals surface area contributed by atoms with Gasteiger partial charge >= 0.3 is 0 Å². The quantitative estimate of drug-likeness (QED) is 0.363. The molecule has 4 heterocycles. The van der Waals surface area contributed by atoms with Crippen molar-refractivity contribution in [2.45, 2.75) is 31.7 Å². The summed E-state index contributed by atoms with van der Waals surface area (Å²) < 4.78 is 7.45. The van der Waals surface area contributed by atoms with Crippen LogP contribution in [0.1, 0.15) is 25.7 Å². The lowest BCUT2D eigenvalue weighted by Crippen LogP contribution is -2.45. The SMILES string of the molecule is O=C(C1CC1)N1CCC[C@H](Nc2nccc(-n3c(-c4ccc5occc5c4)nc4ccc(O)cc43)n2)C1. The van der Waals surface area contributed by atoms with Crippen LogP contribution in [0.3, 0.4) is 0 Å². The summed E-state index contributed by atoms with van der Waals surface area (Å²) in [5, 5.41) is 14.7. The number of carbonyl (C=O) groups is 1. The fourth-order valence-corrected chi connectivity index (χ4v) is 5.20. The van der Waals surface area contributed by atoms with E-state index < -0.39 is 0 Å². The number of aromatic hydroxyl groups is 1. The molecule has 3 aromatic heterocycles. The molecular formula is C28H26N6O3. The predicted molar refractivity (Wildman–Crippen MR) is 139 cm³/mol. The Morgan fingerprint density at radius 3 is 2.86 bits per heavy atom. The number of nitrogens with one attached hydrogen (secondary N) is 1. The van der Waals surface area contributed by atoms with Crippen molar-refractivity contribution in [3.63, 3.8) is 0 Å². The van der Waals surface area contributed by atoms with Crippen molar-refractivity contribution in [2.75, 3.05) is 18.4 Å². The molecule has 0 spiro atoms. The number of piperidine rings is 1. The number of nitrogens with zero attached hydrogens (tertiary/aromatic N) is 5. The first kappa shape index (κ1) is 21.8. The van der Waals surface area contributed by atoms with Crippen molar-refractivity contribution in [2.24, 2.45) is 5.92 Å². The second-order valence-corrected chi connectivity index (χ2v) is 9.90. The van der Waals surface area contributed by atoms with Gasteiger partial charge in [0.25, 0.3) is 0 Å². The zero-order valence-corrected chi connectivity index (χ0v) is 20.2. The van der Waals surface area contributed by atoms with Crippen LogP contribution in [0.25, 0.3) is 39.2 Å². The van der Waals surface area contributed by atoms with E-state index in [1.807, 2.05) is 39.8 Å². The third kappa shape index (κ3) is 4.06. The molecule has 1 saturated carbocycles. The van der Waals surface area contributed by atoms with E-state index in [1.165, 1.54) is 0 Å². The maximum absolute atomic E-state index is 12.6. The summed E-state index contributed by atoms with van der Waals surface area (Å²) in [7, 11) is 0. The summed E-state index contributed by atoms with van der Waals surface area (Å²) >= 11 is 0. The summed E-state index contributed by atoms with van der Waals surface area (Å²) in [4.78, 5) is 28.8. The van der Waals surface area contributed by atoms with Crippen LogP contribution in [0, 0.1) is 5.92 Å². The van der Waals surface area contributed by atoms with Crippen LogP contribution < -0.4 is 5.32 Å². The Bertz CT molecular complexity index is 1640. The molecule has 7 rings (SSSR count). The van der Waals surface area contributed by atoms with E-state index in [4.69, 9.17) is 14.4 Å². The molecule has 5 aromatic rings. The Kier molecular flexibility index (Phi) is 5.09. The van der Waals surface area contributed by atoms with Crippen LogP contribution in [0.4, 0.5) is 5.95 Å². The number of benzene rings is 2. The van der Waals surface area contributed by atoms with Gasteiger partial charge in [0.15, 0.2) is 0 Å². The molecule has 0 unspecified atom stereocenters. The number of fused-ring (bicyclic) bond motifs is 2. The maximum atomic E-state index is 12.6. The number of amides is 1. The summed E-state index contributed by atoms with van der Waals surface area (Å²) in [6.07, 6.45) is 7.34. The monoisotopic (exact) mass is 494 g/mol. The average molecular weight is 495 g/mol. The van der Waals surface area contributed by atoms with Gasteiger partial charge in [-0.25, -0.2) is 9.97 Å². The molecule has 9 nitrogen and oxygen atoms in total. The van der Waals surface area contributed by atoms with Crippen molar-refractivity contribution in [1.82, 2.24) is 24.4 Å². The van der Waals surface area contributed by atoms with Gasteiger partial charge in [0.1, 0.15) is 23.0 Å². The Balaban J connectivity index is 1.25. The van der Waals surface area contributed by atoms with Crippen LogP contribution >= 0.6 is 0 Å². The summed E-state index contributed by atoms with van der Waals surface area (Å²) in [5.74, 6) is 2.50. The van der Waals surface area contributed by atoms with Crippen LogP contribution in [0.15, 0.2) is 65.4 Å². The van der Waals surface area contributed by atoms with Gasteiger partial charge < -0.3 is 19.7 Å². The van der Waals surface area contributed by atoms with Crippen LogP contribution in [-0.4, -0.2) is 54.6 Å². The maximum Gasteiger partial charge on any atom is 0.225 e. The lowest BCUT2D eigenvalue weighted by molar-refractivity contribution is -0.133. The van der Waals surface area contributed by atoms with Gasteiger partial charge in [-0.1, -0.05) is 0 Å². The first-order valence-corrected chi connectivity index (χ1v) is 12.7. The van der Waals surface area contributed by atoms with Gasteiger partial charge in [-0.05, 0) is 68.1 Å². The van der Waals surface area contributed by atoms with Crippen LogP contribution in [-0.2, 0) is 4.79 Å². The van der Waals surface area contributed by atoms with Gasteiger partial charge in [0.05, 0.1) is 17.3 Å². The number of rotatable bonds is 5. The Hall–Kier alpha value is -4.40. The predicted octanol–water partition coefficient (Wildman–Crippen LogP) is 4.75. The van der Waals surface area contributed by atoms with Crippen molar-refractivity contribution < 1.29 is 14.3 Å². The minimum absolute atomic E-state index is 0.0956. The molecule has 186 valence electrons. The van der Waals surface area contributed by atoms with E-state index in [0.29, 0.717) is 24.1 Å². The van der Waals surface area contributed by atoms with Gasteiger partial charge in [0, 0.05) is 48.3 Å². The number of phenolic OH excluding ortho intramolecular Hbond substituents is 1. The van der Waals surface area contributed by atoms with Gasteiger partial charge in [-0.3, -0.25) is 9.36 Å². The molecule has 2 N–H and O–H groups in total. The number of hydrogen-bond donors (Lipinski definition) is 2. The second kappa shape index (κ2) is 8.62. The van der Waals surface area contributed by atoms with E-state index >= 15 is 0 Å². The molecule has 2 aliphatic rings. The molecule has 37 heavy (non-hydrogen) atoms. The van der Waals surface area contributed by atoms with Crippen LogP contribution in [0.2, 0.25) is 0 Å². The molecule has 1 saturated heterocycles. The number of imidazole rings is 1. The first-order chi connectivity index (χ1) is 18.1. The van der Waals surface area contributed by atoms with Crippen LogP contribution in [0.5, 0.6) is 5.75 Å². The standard InChI is InChI=1S/C28H26N6O3/c35-21-6-7-22-23(15-21)34(26(31-22)19-5-8-24-18(14-19)10-13-37-24)25-9-11-29-28(32-25)30-20-2-1-12-33(16-20)27(36)17-3-4-17/h5-11,13-15,17,20,35H,1-4,12,16H2,(H,29,30,32)/t20-/m0/s1. The molecule has 2 aromatic carbocycles. The van der Waals surface area contributed by atoms with E-state index in [2.05, 4.69) is 10.3 Å². The first-order valence-electron chi connectivity index (χ1n) is 12.7. The molecule has 1 atom stereocenters. The molecule has 1 amide bonds. The average Bonchev–Trinajstić information content (AvgIpc) is 3.54. The molecule has 1 aliphatic carbocycles. The van der Waals surface area contributed by atoms with E-state index in [0.717, 1.165) is 59.8 Å². The number of anilines is 1. The molecule has 0 radical (unpaired) electrons. The van der Waals surface area contributed by atoms with E-state index in [9.17, 15) is 9.90 Å². The topological polar surface area (TPSA) is 109 Å². The minimum Gasteiger partial charge on any atom is -0.508 e. The Morgan fingerprint density at radius 2 is 1.97 bits per heavy atom. The van der Waals surface area contributed by atoms with Crippen molar-refractivity contribution >= 4 is 33.9 Å². The zero-order valence-electron chi connectivity index (χ0n) is 20.2. The van der Waals surface area contributed by atoms with Gasteiger partial charge in [0.2, 0.25) is 11.9 Å². The van der Waals surface area contributed by atoms with E-state index in [-0.39, 0.29) is 23.6 Å². The number of carbonyl (C=O) groups excluding carboxylic acids is 1. The smallest absolute Gasteiger partial charge is 0.225 e. The molecular weight excluding hydrogens is 468 g/mol. The van der Waals surface area contributed by atoms with Gasteiger partial charge in [-0.2, -0.15) is 4.98 Å². The fraction of sp³-hybridized carbons (Fsp3) is 0.286. The second-order valence-electron chi connectivity index (χ2n) is 9.90. The Labute approximate surface area is 212 Å². The minimum atomic E-state index is 0.0956. The molecule has 9 heteroatoms. The highest BCUT2D eigenvalue weighted by molar-refractivity contribution is 5.87. The zero-order chi connectivity index (χ0) is 24.9. The van der Waals surface area contributed by atoms with Crippen molar-refractivity contribution in [3.8, 4) is 23.0 Å². The number of likely N-dealkylation sites (tertiary alicyclic amines) is 1. The molecule has 1 aliphatic heterocycles. The summed E-state index contributed by atoms with van der Waals surface area (Å²) in [6, 6.07) is 14.9. The fourth-order valence-electron chi connectivity index (χ4n) is 5.20. The number of aromatic nitrogens is 4. The summed E-state index contributed by atoms with van der Waals surface area (Å²) in [5.41, 5.74) is 3.19. The Morgan fingerprint density at radius 1 is 1.05 bits per heavy atom. The number of furan rings is 1. The molecule has 0 bridgehead atoms. The van der Waals surface area contributed by atoms with Gasteiger partial charge in [-0.15, -0.1) is 0 Å². The summed E-state index contributed by atoms with van der Waals surface area (Å²) in [6.45, 7) is 1.49. The third-order valence-electron chi connectivity index (χ3n) is 7.21. The lowest BCUT2D eigenvalue weighted by atomic mass is 10.1. The third-order valence-corrected chi connectivity index (χ3v) is 7.21. The number of phenols is 1. The van der Waals surface area contributed by atoms with E-state index in [1.54, 1.807) is 30.7 Å². The largest absolute Gasteiger partial charge is 0.508 e. The molecule has 2 fully saturated rings. The van der Waals surface area contributed by atoms with Crippen molar-refractivity contribution in [3.05, 3.63) is 61.0 Å². The number of hydrogen-bond acceptors (Lipinski definition) is 7. The lowest BCUT2D eigenvalue weighted by Gasteiger charge is -2.33. The van der Waals surface area contributed by atoms with Crippen molar-refractivity contribution in [1.29, 1.82) is 0 Å².